The number of likely N-dealkylation sites (tertiary alicyclic amines) is 1. The Hall–Kier alpha value is -0.910. The molecule has 21 heavy (non-hydrogen) atoms. The molecular formula is C16H21BrN2O2. The van der Waals surface area contributed by atoms with Gasteiger partial charge in [0.05, 0.1) is 11.6 Å². The molecule has 5 heteroatoms. The zero-order valence-corrected chi connectivity index (χ0v) is 13.6. The predicted octanol–water partition coefficient (Wildman–Crippen LogP) is 2.62. The number of benzene rings is 1. The van der Waals surface area contributed by atoms with E-state index in [1.807, 2.05) is 17.0 Å². The molecule has 2 saturated heterocycles. The molecule has 4 nitrogen and oxygen atoms in total. The van der Waals surface area contributed by atoms with Gasteiger partial charge in [0.2, 0.25) is 5.91 Å². The minimum Gasteiger partial charge on any atom is -0.381 e. The van der Waals surface area contributed by atoms with Crippen LogP contribution in [0.3, 0.4) is 0 Å². The number of hydrogen-bond donors (Lipinski definition) is 1. The van der Waals surface area contributed by atoms with Gasteiger partial charge in [-0.05, 0) is 43.4 Å². The number of carbonyl (C=O) groups excluding carboxylic acids is 1. The second kappa shape index (κ2) is 6.07. The Bertz CT molecular complexity index is 529. The minimum absolute atomic E-state index is 0.0910. The first-order valence-corrected chi connectivity index (χ1v) is 8.33. The van der Waals surface area contributed by atoms with Crippen molar-refractivity contribution in [3.05, 3.63) is 34.3 Å². The van der Waals surface area contributed by atoms with Crippen LogP contribution in [0.15, 0.2) is 28.7 Å². The molecule has 1 atom stereocenters. The maximum Gasteiger partial charge on any atom is 0.243 e. The van der Waals surface area contributed by atoms with Crippen molar-refractivity contribution in [3.8, 4) is 0 Å². The first kappa shape index (κ1) is 15.0. The molecule has 2 heterocycles. The summed E-state index contributed by atoms with van der Waals surface area (Å²) in [6.45, 7) is 1.96. The highest BCUT2D eigenvalue weighted by atomic mass is 79.9. The lowest BCUT2D eigenvalue weighted by Crippen LogP contribution is -2.57. The number of ether oxygens (including phenoxy) is 1. The Kier molecular flexibility index (Phi) is 4.33. The quantitative estimate of drug-likeness (QED) is 0.889. The van der Waals surface area contributed by atoms with Crippen molar-refractivity contribution < 1.29 is 9.53 Å². The molecule has 2 N–H and O–H groups in total. The van der Waals surface area contributed by atoms with Gasteiger partial charge in [0.1, 0.15) is 0 Å². The van der Waals surface area contributed by atoms with Crippen LogP contribution in [0.2, 0.25) is 0 Å². The van der Waals surface area contributed by atoms with Crippen molar-refractivity contribution in [1.82, 2.24) is 4.90 Å². The van der Waals surface area contributed by atoms with Gasteiger partial charge in [-0.2, -0.15) is 0 Å². The summed E-state index contributed by atoms with van der Waals surface area (Å²) in [4.78, 5) is 14.9. The third kappa shape index (κ3) is 3.00. The highest BCUT2D eigenvalue weighted by Crippen LogP contribution is 2.35. The van der Waals surface area contributed by atoms with E-state index in [0.29, 0.717) is 26.1 Å². The normalized spacial score (nSPS) is 25.0. The van der Waals surface area contributed by atoms with E-state index in [9.17, 15) is 4.79 Å². The summed E-state index contributed by atoms with van der Waals surface area (Å²) in [5.74, 6) is 0.0910. The van der Waals surface area contributed by atoms with Gasteiger partial charge in [-0.1, -0.05) is 28.1 Å². The van der Waals surface area contributed by atoms with Crippen LogP contribution in [0, 0.1) is 0 Å². The smallest absolute Gasteiger partial charge is 0.243 e. The minimum atomic E-state index is -0.743. The SMILES string of the molecule is NC1(C(=O)N2CCCC2c2cccc(Br)c2)CCOCC1. The van der Waals surface area contributed by atoms with E-state index in [-0.39, 0.29) is 11.9 Å². The van der Waals surface area contributed by atoms with Gasteiger partial charge in [0, 0.05) is 24.2 Å². The molecule has 0 aliphatic carbocycles. The van der Waals surface area contributed by atoms with Crippen LogP contribution in [-0.2, 0) is 9.53 Å². The molecule has 2 aliphatic heterocycles. The zero-order chi connectivity index (χ0) is 14.9. The van der Waals surface area contributed by atoms with E-state index >= 15 is 0 Å². The van der Waals surface area contributed by atoms with Crippen LogP contribution >= 0.6 is 15.9 Å². The molecule has 3 rings (SSSR count). The van der Waals surface area contributed by atoms with E-state index in [0.717, 1.165) is 23.9 Å². The monoisotopic (exact) mass is 352 g/mol. The lowest BCUT2D eigenvalue weighted by molar-refractivity contribution is -0.141. The van der Waals surface area contributed by atoms with E-state index < -0.39 is 5.54 Å². The summed E-state index contributed by atoms with van der Waals surface area (Å²) < 4.78 is 6.40. The summed E-state index contributed by atoms with van der Waals surface area (Å²) >= 11 is 3.51. The average molecular weight is 353 g/mol. The Morgan fingerprint density at radius 3 is 2.86 bits per heavy atom. The first-order chi connectivity index (χ1) is 10.1. The Labute approximate surface area is 133 Å². The summed E-state index contributed by atoms with van der Waals surface area (Å²) in [6.07, 6.45) is 3.28. The molecular weight excluding hydrogens is 332 g/mol. The molecule has 0 saturated carbocycles. The van der Waals surface area contributed by atoms with E-state index in [1.54, 1.807) is 0 Å². The second-order valence-corrected chi connectivity index (χ2v) is 6.90. The lowest BCUT2D eigenvalue weighted by atomic mass is 9.89. The number of rotatable bonds is 2. The molecule has 114 valence electrons. The third-order valence-electron chi connectivity index (χ3n) is 4.56. The molecule has 2 aliphatic rings. The standard InChI is InChI=1S/C16H21BrN2O2/c17-13-4-1-3-12(11-13)14-5-2-8-19(14)15(20)16(18)6-9-21-10-7-16/h1,3-4,11,14H,2,5-10,18H2. The van der Waals surface area contributed by atoms with Crippen LogP contribution in [0.5, 0.6) is 0 Å². The summed E-state index contributed by atoms with van der Waals surface area (Å²) in [5, 5.41) is 0. The van der Waals surface area contributed by atoms with Gasteiger partial charge in [0.15, 0.2) is 0 Å². The van der Waals surface area contributed by atoms with E-state index in [2.05, 4.69) is 28.1 Å². The third-order valence-corrected chi connectivity index (χ3v) is 5.05. The molecule has 1 amide bonds. The number of amides is 1. The van der Waals surface area contributed by atoms with Crippen molar-refractivity contribution in [2.45, 2.75) is 37.3 Å². The summed E-state index contributed by atoms with van der Waals surface area (Å²) in [5.41, 5.74) is 6.81. The fourth-order valence-corrected chi connectivity index (χ4v) is 3.72. The number of halogens is 1. The van der Waals surface area contributed by atoms with Crippen LogP contribution in [0.1, 0.15) is 37.3 Å². The fraction of sp³-hybridized carbons (Fsp3) is 0.562. The fourth-order valence-electron chi connectivity index (χ4n) is 3.31. The van der Waals surface area contributed by atoms with Crippen molar-refractivity contribution >= 4 is 21.8 Å². The molecule has 1 aromatic rings. The maximum absolute atomic E-state index is 12.9. The maximum atomic E-state index is 12.9. The molecule has 0 radical (unpaired) electrons. The molecule has 1 unspecified atom stereocenters. The molecule has 1 aromatic carbocycles. The Morgan fingerprint density at radius 2 is 2.14 bits per heavy atom. The van der Waals surface area contributed by atoms with Crippen molar-refractivity contribution in [2.24, 2.45) is 5.73 Å². The molecule has 2 fully saturated rings. The van der Waals surface area contributed by atoms with Gasteiger partial charge >= 0.3 is 0 Å². The van der Waals surface area contributed by atoms with Crippen molar-refractivity contribution in [1.29, 1.82) is 0 Å². The topological polar surface area (TPSA) is 55.6 Å². The Morgan fingerprint density at radius 1 is 1.38 bits per heavy atom. The molecule has 0 spiro atoms. The largest absolute Gasteiger partial charge is 0.381 e. The highest BCUT2D eigenvalue weighted by Gasteiger charge is 2.42. The lowest BCUT2D eigenvalue weighted by Gasteiger charge is -2.37. The molecule has 0 aromatic heterocycles. The summed E-state index contributed by atoms with van der Waals surface area (Å²) in [7, 11) is 0. The van der Waals surface area contributed by atoms with E-state index in [1.165, 1.54) is 5.56 Å². The number of hydrogen-bond acceptors (Lipinski definition) is 3. The van der Waals surface area contributed by atoms with Gasteiger partial charge in [0.25, 0.3) is 0 Å². The number of nitrogens with two attached hydrogens (primary N) is 1. The summed E-state index contributed by atoms with van der Waals surface area (Å²) in [6, 6.07) is 8.37. The zero-order valence-electron chi connectivity index (χ0n) is 12.1. The predicted molar refractivity (Wildman–Crippen MR) is 84.8 cm³/mol. The van der Waals surface area contributed by atoms with Crippen LogP contribution in [0.25, 0.3) is 0 Å². The number of carbonyl (C=O) groups is 1. The van der Waals surface area contributed by atoms with Crippen molar-refractivity contribution in [2.75, 3.05) is 19.8 Å². The van der Waals surface area contributed by atoms with E-state index in [4.69, 9.17) is 10.5 Å². The van der Waals surface area contributed by atoms with Gasteiger partial charge in [-0.3, -0.25) is 4.79 Å². The van der Waals surface area contributed by atoms with Gasteiger partial charge < -0.3 is 15.4 Å². The highest BCUT2D eigenvalue weighted by molar-refractivity contribution is 9.10. The van der Waals surface area contributed by atoms with Crippen LogP contribution < -0.4 is 5.73 Å². The first-order valence-electron chi connectivity index (χ1n) is 7.53. The molecule has 0 bridgehead atoms. The average Bonchev–Trinajstić information content (AvgIpc) is 2.96. The van der Waals surface area contributed by atoms with Crippen LogP contribution in [0.4, 0.5) is 0 Å². The van der Waals surface area contributed by atoms with Gasteiger partial charge in [-0.25, -0.2) is 0 Å². The number of nitrogens with zero attached hydrogens (tertiary/aromatic N) is 1. The van der Waals surface area contributed by atoms with Crippen molar-refractivity contribution in [3.63, 3.8) is 0 Å². The van der Waals surface area contributed by atoms with Gasteiger partial charge in [-0.15, -0.1) is 0 Å². The second-order valence-electron chi connectivity index (χ2n) is 5.98. The van der Waals surface area contributed by atoms with Crippen LogP contribution in [-0.4, -0.2) is 36.1 Å². The Balaban J connectivity index is 1.82.